The smallest absolute Gasteiger partial charge is 0.243 e. The summed E-state index contributed by atoms with van der Waals surface area (Å²) in [6.07, 6.45) is 0.614. The van der Waals surface area contributed by atoms with Crippen molar-refractivity contribution in [3.8, 4) is 6.07 Å². The number of nitrogens with zero attached hydrogens (tertiary/aromatic N) is 3. The van der Waals surface area contributed by atoms with Crippen molar-refractivity contribution in [2.45, 2.75) is 31.6 Å². The van der Waals surface area contributed by atoms with Crippen LogP contribution in [0.2, 0.25) is 0 Å². The molecule has 1 aromatic carbocycles. The fourth-order valence-electron chi connectivity index (χ4n) is 3.43. The van der Waals surface area contributed by atoms with Gasteiger partial charge in [0.2, 0.25) is 15.9 Å². The molecule has 1 aliphatic heterocycles. The van der Waals surface area contributed by atoms with Crippen LogP contribution >= 0.6 is 0 Å². The molecule has 2 aromatic rings. The zero-order valence-corrected chi connectivity index (χ0v) is 17.7. The minimum atomic E-state index is -3.66. The number of hydrogen-bond acceptors (Lipinski definition) is 6. The Bertz CT molecular complexity index is 1090. The van der Waals surface area contributed by atoms with Crippen molar-refractivity contribution in [2.75, 3.05) is 26.2 Å². The summed E-state index contributed by atoms with van der Waals surface area (Å²) in [5.41, 5.74) is 0.922. The van der Waals surface area contributed by atoms with Gasteiger partial charge in [0.25, 0.3) is 0 Å². The van der Waals surface area contributed by atoms with Crippen molar-refractivity contribution in [2.24, 2.45) is 0 Å². The number of rotatable bonds is 6. The maximum atomic E-state index is 12.8. The Morgan fingerprint density at radius 3 is 2.30 bits per heavy atom. The average molecular weight is 429 g/mol. The maximum absolute atomic E-state index is 12.8. The van der Waals surface area contributed by atoms with Crippen LogP contribution in [0.15, 0.2) is 39.6 Å². The standard InChI is InChI=1S/C21H23N3O5S/c1-15(25)20-13-18(29-16(20)2)5-8-21(26)23-9-11-24(12-10-23)30(27,28)19-6-3-17(14-22)4-7-19/h3-4,6-7,13H,5,8-12H2,1-2H3. The van der Waals surface area contributed by atoms with Gasteiger partial charge in [-0.1, -0.05) is 0 Å². The number of aryl methyl sites for hydroxylation is 2. The van der Waals surface area contributed by atoms with E-state index in [-0.39, 0.29) is 36.1 Å². The lowest BCUT2D eigenvalue weighted by molar-refractivity contribution is -0.132. The number of sulfonamides is 1. The highest BCUT2D eigenvalue weighted by molar-refractivity contribution is 7.89. The zero-order chi connectivity index (χ0) is 21.9. The molecule has 0 atom stereocenters. The van der Waals surface area contributed by atoms with Crippen LogP contribution in [0.25, 0.3) is 0 Å². The van der Waals surface area contributed by atoms with Gasteiger partial charge in [-0.25, -0.2) is 8.42 Å². The molecule has 30 heavy (non-hydrogen) atoms. The Labute approximate surface area is 175 Å². The van der Waals surface area contributed by atoms with Gasteiger partial charge in [0.15, 0.2) is 5.78 Å². The first kappa shape index (κ1) is 21.7. The Morgan fingerprint density at radius 1 is 1.13 bits per heavy atom. The number of hydrogen-bond donors (Lipinski definition) is 0. The minimum absolute atomic E-state index is 0.0755. The van der Waals surface area contributed by atoms with E-state index in [9.17, 15) is 18.0 Å². The second-order valence-corrected chi connectivity index (χ2v) is 9.10. The van der Waals surface area contributed by atoms with E-state index in [1.54, 1.807) is 17.9 Å². The SMILES string of the molecule is CC(=O)c1cc(CCC(=O)N2CCN(S(=O)(=O)c3ccc(C#N)cc3)CC2)oc1C. The van der Waals surface area contributed by atoms with Gasteiger partial charge in [-0.05, 0) is 44.2 Å². The lowest BCUT2D eigenvalue weighted by Gasteiger charge is -2.34. The molecule has 0 N–H and O–H groups in total. The van der Waals surface area contributed by atoms with Gasteiger partial charge >= 0.3 is 0 Å². The van der Waals surface area contributed by atoms with E-state index in [1.165, 1.54) is 35.5 Å². The summed E-state index contributed by atoms with van der Waals surface area (Å²) in [5, 5.41) is 8.85. The molecule has 1 saturated heterocycles. The van der Waals surface area contributed by atoms with E-state index in [0.717, 1.165) is 0 Å². The first-order chi connectivity index (χ1) is 14.2. The minimum Gasteiger partial charge on any atom is -0.466 e. The quantitative estimate of drug-likeness (QED) is 0.650. The van der Waals surface area contributed by atoms with Crippen LogP contribution in [0.5, 0.6) is 0 Å². The molecule has 0 unspecified atom stereocenters. The Hall–Kier alpha value is -2.96. The van der Waals surface area contributed by atoms with E-state index >= 15 is 0 Å². The number of carbonyl (C=O) groups is 2. The summed E-state index contributed by atoms with van der Waals surface area (Å²) in [6.45, 7) is 4.23. The highest BCUT2D eigenvalue weighted by Crippen LogP contribution is 2.20. The fraction of sp³-hybridized carbons (Fsp3) is 0.381. The molecule has 9 heteroatoms. The summed E-state index contributed by atoms with van der Waals surface area (Å²) in [5.74, 6) is 0.983. The van der Waals surface area contributed by atoms with E-state index in [4.69, 9.17) is 9.68 Å². The van der Waals surface area contributed by atoms with E-state index in [0.29, 0.717) is 42.2 Å². The van der Waals surface area contributed by atoms with Crippen molar-refractivity contribution in [3.63, 3.8) is 0 Å². The molecule has 2 heterocycles. The van der Waals surface area contributed by atoms with E-state index < -0.39 is 10.0 Å². The van der Waals surface area contributed by atoms with Crippen LogP contribution in [0, 0.1) is 18.3 Å². The third kappa shape index (κ3) is 4.61. The van der Waals surface area contributed by atoms with Gasteiger partial charge < -0.3 is 9.32 Å². The van der Waals surface area contributed by atoms with Gasteiger partial charge in [0.1, 0.15) is 11.5 Å². The molecule has 0 radical (unpaired) electrons. The van der Waals surface area contributed by atoms with E-state index in [1.807, 2.05) is 6.07 Å². The number of Topliss-reactive ketones (excluding diaryl/α,β-unsaturated/α-hetero) is 1. The lowest BCUT2D eigenvalue weighted by Crippen LogP contribution is -2.50. The van der Waals surface area contributed by atoms with Crippen molar-refractivity contribution in [3.05, 3.63) is 53.0 Å². The molecule has 0 spiro atoms. The predicted octanol–water partition coefficient (Wildman–Crippen LogP) is 2.13. The Balaban J connectivity index is 1.55. The van der Waals surface area contributed by atoms with Crippen molar-refractivity contribution >= 4 is 21.7 Å². The normalized spacial score (nSPS) is 15.0. The maximum Gasteiger partial charge on any atom is 0.243 e. The molecular weight excluding hydrogens is 406 g/mol. The van der Waals surface area contributed by atoms with Crippen LogP contribution < -0.4 is 0 Å². The Morgan fingerprint density at radius 2 is 1.77 bits per heavy atom. The van der Waals surface area contributed by atoms with Gasteiger partial charge in [0.05, 0.1) is 22.1 Å². The summed E-state index contributed by atoms with van der Waals surface area (Å²) in [7, 11) is -3.66. The molecule has 1 aromatic heterocycles. The van der Waals surface area contributed by atoms with E-state index in [2.05, 4.69) is 0 Å². The molecule has 0 bridgehead atoms. The lowest BCUT2D eigenvalue weighted by atomic mass is 10.1. The highest BCUT2D eigenvalue weighted by atomic mass is 32.2. The molecule has 1 amide bonds. The molecule has 1 fully saturated rings. The van der Waals surface area contributed by atoms with Gasteiger partial charge in [-0.2, -0.15) is 9.57 Å². The molecular formula is C21H23N3O5S. The number of carbonyl (C=O) groups excluding carboxylic acids is 2. The van der Waals surface area contributed by atoms with Crippen LogP contribution in [-0.4, -0.2) is 55.5 Å². The largest absolute Gasteiger partial charge is 0.466 e. The van der Waals surface area contributed by atoms with Crippen LogP contribution in [0.3, 0.4) is 0 Å². The first-order valence-corrected chi connectivity index (χ1v) is 11.0. The number of benzene rings is 1. The molecule has 3 rings (SSSR count). The number of nitriles is 1. The van der Waals surface area contributed by atoms with Gasteiger partial charge in [-0.15, -0.1) is 0 Å². The number of amides is 1. The van der Waals surface area contributed by atoms with Gasteiger partial charge in [-0.3, -0.25) is 9.59 Å². The number of piperazine rings is 1. The van der Waals surface area contributed by atoms with Crippen molar-refractivity contribution in [1.29, 1.82) is 5.26 Å². The molecule has 158 valence electrons. The summed E-state index contributed by atoms with van der Waals surface area (Å²) < 4.78 is 32.4. The van der Waals surface area contributed by atoms with Crippen molar-refractivity contribution < 1.29 is 22.4 Å². The molecule has 1 aliphatic rings. The monoisotopic (exact) mass is 429 g/mol. The third-order valence-electron chi connectivity index (χ3n) is 5.15. The average Bonchev–Trinajstić information content (AvgIpc) is 3.13. The van der Waals surface area contributed by atoms with Crippen molar-refractivity contribution in [1.82, 2.24) is 9.21 Å². The topological polar surface area (TPSA) is 112 Å². The second-order valence-electron chi connectivity index (χ2n) is 7.16. The first-order valence-electron chi connectivity index (χ1n) is 9.60. The van der Waals surface area contributed by atoms with Gasteiger partial charge in [0, 0.05) is 39.0 Å². The number of ketones is 1. The van der Waals surface area contributed by atoms with Crippen LogP contribution in [0.4, 0.5) is 0 Å². The third-order valence-corrected chi connectivity index (χ3v) is 7.06. The second kappa shape index (κ2) is 8.81. The number of furan rings is 1. The predicted molar refractivity (Wildman–Crippen MR) is 108 cm³/mol. The zero-order valence-electron chi connectivity index (χ0n) is 16.9. The molecule has 8 nitrogen and oxygen atoms in total. The fourth-order valence-corrected chi connectivity index (χ4v) is 4.86. The van der Waals surface area contributed by atoms with Crippen LogP contribution in [-0.2, 0) is 21.2 Å². The molecule has 0 saturated carbocycles. The summed E-state index contributed by atoms with van der Waals surface area (Å²) in [6, 6.07) is 9.43. The van der Waals surface area contributed by atoms with Crippen LogP contribution in [0.1, 0.15) is 40.8 Å². The summed E-state index contributed by atoms with van der Waals surface area (Å²) in [4.78, 5) is 25.8. The highest BCUT2D eigenvalue weighted by Gasteiger charge is 2.30. The Kier molecular flexibility index (Phi) is 6.39. The molecule has 0 aliphatic carbocycles. The summed E-state index contributed by atoms with van der Waals surface area (Å²) >= 11 is 0.